The zero-order valence-corrected chi connectivity index (χ0v) is 10.1. The number of nitrogens with zero attached hydrogens (tertiary/aromatic N) is 3. The van der Waals surface area contributed by atoms with Crippen molar-refractivity contribution in [2.75, 3.05) is 5.43 Å². The van der Waals surface area contributed by atoms with Gasteiger partial charge in [0.1, 0.15) is 23.5 Å². The largest absolute Gasteiger partial charge is 0.508 e. The zero-order valence-electron chi connectivity index (χ0n) is 10.1. The summed E-state index contributed by atoms with van der Waals surface area (Å²) in [6, 6.07) is 6.78. The lowest BCUT2D eigenvalue weighted by Crippen LogP contribution is -1.95. The van der Waals surface area contributed by atoms with Crippen LogP contribution in [-0.4, -0.2) is 26.3 Å². The summed E-state index contributed by atoms with van der Waals surface area (Å²) in [6.07, 6.45) is 2.44. The topological polar surface area (TPSA) is 121 Å². The van der Waals surface area contributed by atoms with Gasteiger partial charge < -0.3 is 10.2 Å². The van der Waals surface area contributed by atoms with Gasteiger partial charge in [-0.3, -0.25) is 15.5 Å². The highest BCUT2D eigenvalue weighted by Gasteiger charge is 2.04. The van der Waals surface area contributed by atoms with Gasteiger partial charge in [-0.2, -0.15) is 5.10 Å². The molecular weight excluding hydrogens is 264 g/mol. The smallest absolute Gasteiger partial charge is 0.287 e. The third-order valence-electron chi connectivity index (χ3n) is 2.36. The summed E-state index contributed by atoms with van der Waals surface area (Å²) in [5, 5.41) is 32.9. The van der Waals surface area contributed by atoms with Crippen LogP contribution >= 0.6 is 0 Å². The first kappa shape index (κ1) is 13.3. The van der Waals surface area contributed by atoms with Gasteiger partial charge in [0.05, 0.1) is 11.1 Å². The zero-order chi connectivity index (χ0) is 14.5. The van der Waals surface area contributed by atoms with E-state index in [-0.39, 0.29) is 17.2 Å². The Morgan fingerprint density at radius 1 is 1.30 bits per heavy atom. The summed E-state index contributed by atoms with van der Waals surface area (Å²) in [5.74, 6) is 0.155. The van der Waals surface area contributed by atoms with Gasteiger partial charge in [-0.05, 0) is 18.2 Å². The van der Waals surface area contributed by atoms with E-state index in [1.807, 2.05) is 0 Å². The Morgan fingerprint density at radius 2 is 2.10 bits per heavy atom. The van der Waals surface area contributed by atoms with E-state index in [0.717, 1.165) is 6.20 Å². The van der Waals surface area contributed by atoms with Gasteiger partial charge in [0.25, 0.3) is 5.69 Å². The van der Waals surface area contributed by atoms with Crippen molar-refractivity contribution >= 4 is 17.7 Å². The first-order valence-electron chi connectivity index (χ1n) is 5.48. The van der Waals surface area contributed by atoms with Gasteiger partial charge in [0.15, 0.2) is 0 Å². The van der Waals surface area contributed by atoms with Crippen LogP contribution in [0.1, 0.15) is 5.56 Å². The second-order valence-corrected chi connectivity index (χ2v) is 3.77. The number of aromatic hydroxyl groups is 2. The molecule has 2 aromatic rings. The molecule has 0 amide bonds. The third kappa shape index (κ3) is 3.19. The molecule has 0 atom stereocenters. The Morgan fingerprint density at radius 3 is 2.70 bits per heavy atom. The van der Waals surface area contributed by atoms with E-state index >= 15 is 0 Å². The first-order valence-corrected chi connectivity index (χ1v) is 5.48. The van der Waals surface area contributed by atoms with E-state index in [1.165, 1.54) is 36.5 Å². The van der Waals surface area contributed by atoms with Crippen LogP contribution < -0.4 is 5.43 Å². The molecular formula is C12H10N4O4. The molecule has 102 valence electrons. The molecule has 0 aliphatic carbocycles. The lowest BCUT2D eigenvalue weighted by Gasteiger charge is -2.00. The third-order valence-corrected chi connectivity index (χ3v) is 2.36. The van der Waals surface area contributed by atoms with Crippen LogP contribution in [0.3, 0.4) is 0 Å². The van der Waals surface area contributed by atoms with Crippen LogP contribution in [0.15, 0.2) is 41.6 Å². The van der Waals surface area contributed by atoms with E-state index in [0.29, 0.717) is 11.4 Å². The van der Waals surface area contributed by atoms with Gasteiger partial charge in [0.2, 0.25) is 0 Å². The van der Waals surface area contributed by atoms with Crippen molar-refractivity contribution in [3.8, 4) is 11.5 Å². The second kappa shape index (κ2) is 5.65. The summed E-state index contributed by atoms with van der Waals surface area (Å²) in [6.45, 7) is 0. The normalized spacial score (nSPS) is 10.6. The Hall–Kier alpha value is -3.16. The fourth-order valence-corrected chi connectivity index (χ4v) is 1.37. The fourth-order valence-electron chi connectivity index (χ4n) is 1.37. The summed E-state index contributed by atoms with van der Waals surface area (Å²) in [7, 11) is 0. The van der Waals surface area contributed by atoms with Crippen LogP contribution in [0.5, 0.6) is 11.5 Å². The Labute approximate surface area is 113 Å². The summed E-state index contributed by atoms with van der Waals surface area (Å²) in [5.41, 5.74) is 2.85. The number of anilines is 1. The summed E-state index contributed by atoms with van der Waals surface area (Å²) >= 11 is 0. The number of rotatable bonds is 4. The Balaban J connectivity index is 2.04. The highest BCUT2D eigenvalue weighted by molar-refractivity contribution is 5.84. The van der Waals surface area contributed by atoms with E-state index in [9.17, 15) is 15.2 Å². The number of nitro groups is 1. The standard InChI is InChI=1S/C12H10N4O4/c17-10-3-1-8(11(18)5-10)6-14-15-12-4-2-9(7-13-12)16(19)20/h1-7,17-18H,(H,13,15)/b14-6-. The minimum atomic E-state index is -0.547. The van der Waals surface area contributed by atoms with Crippen LogP contribution in [0.2, 0.25) is 0 Å². The molecule has 8 nitrogen and oxygen atoms in total. The maximum absolute atomic E-state index is 10.4. The maximum Gasteiger partial charge on any atom is 0.287 e. The van der Waals surface area contributed by atoms with Gasteiger partial charge in [0, 0.05) is 17.7 Å². The maximum atomic E-state index is 10.4. The van der Waals surface area contributed by atoms with E-state index < -0.39 is 4.92 Å². The highest BCUT2D eigenvalue weighted by atomic mass is 16.6. The number of phenols is 2. The number of phenolic OH excluding ortho intramolecular Hbond substituents is 2. The Kier molecular flexibility index (Phi) is 3.75. The second-order valence-electron chi connectivity index (χ2n) is 3.77. The van der Waals surface area contributed by atoms with Crippen LogP contribution in [0, 0.1) is 10.1 Å². The monoisotopic (exact) mass is 274 g/mol. The molecule has 0 radical (unpaired) electrons. The summed E-state index contributed by atoms with van der Waals surface area (Å²) < 4.78 is 0. The minimum absolute atomic E-state index is 0.0513. The number of pyridine rings is 1. The average molecular weight is 274 g/mol. The van der Waals surface area contributed by atoms with Crippen molar-refractivity contribution in [1.29, 1.82) is 0 Å². The number of hydrogen-bond donors (Lipinski definition) is 3. The molecule has 1 aromatic carbocycles. The van der Waals surface area contributed by atoms with Crippen molar-refractivity contribution in [1.82, 2.24) is 4.98 Å². The van der Waals surface area contributed by atoms with E-state index in [2.05, 4.69) is 15.5 Å². The van der Waals surface area contributed by atoms with Crippen LogP contribution in [0.25, 0.3) is 0 Å². The molecule has 1 aromatic heterocycles. The average Bonchev–Trinajstić information content (AvgIpc) is 2.42. The quantitative estimate of drug-likeness (QED) is 0.444. The van der Waals surface area contributed by atoms with Crippen LogP contribution in [0.4, 0.5) is 11.5 Å². The van der Waals surface area contributed by atoms with E-state index in [4.69, 9.17) is 5.11 Å². The lowest BCUT2D eigenvalue weighted by atomic mass is 10.2. The molecule has 0 aliphatic rings. The molecule has 0 unspecified atom stereocenters. The number of hydrogen-bond acceptors (Lipinski definition) is 7. The molecule has 0 saturated heterocycles. The molecule has 0 spiro atoms. The van der Waals surface area contributed by atoms with Gasteiger partial charge in [-0.15, -0.1) is 0 Å². The van der Waals surface area contributed by atoms with E-state index in [1.54, 1.807) is 0 Å². The van der Waals surface area contributed by atoms with Crippen molar-refractivity contribution < 1.29 is 15.1 Å². The molecule has 0 bridgehead atoms. The molecule has 1 heterocycles. The fraction of sp³-hybridized carbons (Fsp3) is 0. The van der Waals surface area contributed by atoms with Crippen LogP contribution in [-0.2, 0) is 0 Å². The lowest BCUT2D eigenvalue weighted by molar-refractivity contribution is -0.385. The summed E-state index contributed by atoms with van der Waals surface area (Å²) in [4.78, 5) is 13.7. The van der Waals surface area contributed by atoms with Crippen molar-refractivity contribution in [2.24, 2.45) is 5.10 Å². The van der Waals surface area contributed by atoms with Crippen molar-refractivity contribution in [3.05, 3.63) is 52.2 Å². The van der Waals surface area contributed by atoms with Gasteiger partial charge >= 0.3 is 0 Å². The predicted molar refractivity (Wildman–Crippen MR) is 71.9 cm³/mol. The molecule has 20 heavy (non-hydrogen) atoms. The van der Waals surface area contributed by atoms with Gasteiger partial charge in [-0.1, -0.05) is 0 Å². The number of hydrazone groups is 1. The Bertz CT molecular complexity index is 655. The molecule has 0 fully saturated rings. The first-order chi connectivity index (χ1) is 9.56. The van der Waals surface area contributed by atoms with Crippen molar-refractivity contribution in [3.63, 3.8) is 0 Å². The molecule has 0 saturated carbocycles. The molecule has 2 rings (SSSR count). The predicted octanol–water partition coefficient (Wildman–Crippen LogP) is 1.85. The van der Waals surface area contributed by atoms with Gasteiger partial charge in [-0.25, -0.2) is 4.98 Å². The number of aromatic nitrogens is 1. The SMILES string of the molecule is O=[N+]([O-])c1ccc(N/N=C\c2ccc(O)cc2O)nc1. The number of benzene rings is 1. The number of nitrogens with one attached hydrogen (secondary N) is 1. The minimum Gasteiger partial charge on any atom is -0.508 e. The molecule has 0 aliphatic heterocycles. The highest BCUT2D eigenvalue weighted by Crippen LogP contribution is 2.20. The molecule has 8 heteroatoms. The van der Waals surface area contributed by atoms with Crippen molar-refractivity contribution in [2.45, 2.75) is 0 Å². The molecule has 3 N–H and O–H groups in total.